The average molecular weight is 243 g/mol. The van der Waals surface area contributed by atoms with Gasteiger partial charge in [0.1, 0.15) is 6.61 Å². The fraction of sp³-hybridized carbons (Fsp3) is 0.333. The summed E-state index contributed by atoms with van der Waals surface area (Å²) in [5.41, 5.74) is 5.11. The van der Waals surface area contributed by atoms with Gasteiger partial charge < -0.3 is 9.64 Å². The van der Waals surface area contributed by atoms with E-state index in [0.717, 1.165) is 18.4 Å². The van der Waals surface area contributed by atoms with Crippen LogP contribution in [0.4, 0.5) is 4.79 Å². The Bertz CT molecular complexity index is 451. The summed E-state index contributed by atoms with van der Waals surface area (Å²) < 4.78 is 5.28. The highest BCUT2D eigenvalue weighted by Crippen LogP contribution is 2.15. The van der Waals surface area contributed by atoms with Crippen LogP contribution in [0.3, 0.4) is 0 Å². The van der Waals surface area contributed by atoms with Crippen molar-refractivity contribution in [2.45, 2.75) is 19.4 Å². The van der Waals surface area contributed by atoms with E-state index in [0.29, 0.717) is 19.7 Å². The molecule has 0 spiro atoms. The summed E-state index contributed by atoms with van der Waals surface area (Å²) in [5.74, 6) is 0. The van der Waals surface area contributed by atoms with E-state index in [1.807, 2.05) is 30.3 Å². The van der Waals surface area contributed by atoms with Crippen LogP contribution in [0.25, 0.3) is 0 Å². The van der Waals surface area contributed by atoms with E-state index in [-0.39, 0.29) is 6.09 Å². The number of carbonyl (C=O) groups excluding carboxylic acids is 1. The van der Waals surface area contributed by atoms with Gasteiger partial charge in [0, 0.05) is 13.1 Å². The standard InChI is InChI=1S/C15H17NO2/c1-2-13-8-10-16(11-9-13)15(17)18-12-14-6-4-3-5-7-14/h3-7H,1,8-12H2. The Morgan fingerprint density at radius 1 is 1.28 bits per heavy atom. The molecule has 0 saturated carbocycles. The van der Waals surface area contributed by atoms with Crippen LogP contribution in [-0.2, 0) is 11.3 Å². The van der Waals surface area contributed by atoms with Gasteiger partial charge in [0.2, 0.25) is 0 Å². The lowest BCUT2D eigenvalue weighted by Gasteiger charge is -2.26. The molecule has 0 radical (unpaired) electrons. The van der Waals surface area contributed by atoms with E-state index in [1.165, 1.54) is 5.57 Å². The summed E-state index contributed by atoms with van der Waals surface area (Å²) in [6.45, 7) is 5.37. The van der Waals surface area contributed by atoms with Gasteiger partial charge in [0.25, 0.3) is 0 Å². The maximum Gasteiger partial charge on any atom is 0.410 e. The molecule has 1 aromatic carbocycles. The Labute approximate surface area is 107 Å². The molecule has 0 aromatic heterocycles. The van der Waals surface area contributed by atoms with Crippen LogP contribution >= 0.6 is 0 Å². The van der Waals surface area contributed by atoms with E-state index in [4.69, 9.17) is 4.74 Å². The lowest BCUT2D eigenvalue weighted by Crippen LogP contribution is -2.36. The van der Waals surface area contributed by atoms with Crippen molar-refractivity contribution >= 4 is 6.09 Å². The molecular weight excluding hydrogens is 226 g/mol. The van der Waals surface area contributed by atoms with Crippen molar-refractivity contribution in [1.29, 1.82) is 0 Å². The maximum absolute atomic E-state index is 11.8. The fourth-order valence-corrected chi connectivity index (χ4v) is 1.95. The van der Waals surface area contributed by atoms with E-state index >= 15 is 0 Å². The van der Waals surface area contributed by atoms with Crippen molar-refractivity contribution in [3.63, 3.8) is 0 Å². The van der Waals surface area contributed by atoms with E-state index in [2.05, 4.69) is 12.3 Å². The number of ether oxygens (including phenoxy) is 1. The minimum atomic E-state index is -0.234. The molecule has 1 fully saturated rings. The molecular formula is C15H17NO2. The molecule has 0 atom stereocenters. The smallest absolute Gasteiger partial charge is 0.410 e. The Kier molecular flexibility index (Phi) is 4.21. The SMILES string of the molecule is C=C=C1CCN(C(=O)OCc2ccccc2)CC1. The first-order valence-electron chi connectivity index (χ1n) is 6.13. The van der Waals surface area contributed by atoms with Crippen LogP contribution in [0.1, 0.15) is 18.4 Å². The van der Waals surface area contributed by atoms with Gasteiger partial charge >= 0.3 is 6.09 Å². The molecule has 0 bridgehead atoms. The van der Waals surface area contributed by atoms with Gasteiger partial charge in [-0.15, -0.1) is 5.73 Å². The average Bonchev–Trinajstić information content (AvgIpc) is 2.46. The van der Waals surface area contributed by atoms with Crippen molar-refractivity contribution in [3.8, 4) is 0 Å². The Hall–Kier alpha value is -1.99. The number of benzene rings is 1. The number of piperidine rings is 1. The molecule has 3 nitrogen and oxygen atoms in total. The van der Waals surface area contributed by atoms with Crippen LogP contribution in [-0.4, -0.2) is 24.1 Å². The molecule has 94 valence electrons. The van der Waals surface area contributed by atoms with Crippen molar-refractivity contribution in [2.24, 2.45) is 0 Å². The highest BCUT2D eigenvalue weighted by molar-refractivity contribution is 5.67. The molecule has 1 amide bonds. The van der Waals surface area contributed by atoms with Gasteiger partial charge in [-0.1, -0.05) is 36.9 Å². The van der Waals surface area contributed by atoms with Gasteiger partial charge in [-0.2, -0.15) is 0 Å². The molecule has 18 heavy (non-hydrogen) atoms. The summed E-state index contributed by atoms with van der Waals surface area (Å²) >= 11 is 0. The molecule has 0 aliphatic carbocycles. The van der Waals surface area contributed by atoms with E-state index in [1.54, 1.807) is 4.90 Å². The second kappa shape index (κ2) is 6.08. The normalized spacial score (nSPS) is 15.1. The largest absolute Gasteiger partial charge is 0.445 e. The fourth-order valence-electron chi connectivity index (χ4n) is 1.95. The Morgan fingerprint density at radius 2 is 1.94 bits per heavy atom. The zero-order valence-electron chi connectivity index (χ0n) is 10.4. The second-order valence-electron chi connectivity index (χ2n) is 4.31. The van der Waals surface area contributed by atoms with Crippen LogP contribution < -0.4 is 0 Å². The minimum Gasteiger partial charge on any atom is -0.445 e. The maximum atomic E-state index is 11.8. The second-order valence-corrected chi connectivity index (χ2v) is 4.31. The monoisotopic (exact) mass is 243 g/mol. The van der Waals surface area contributed by atoms with Crippen molar-refractivity contribution in [3.05, 3.63) is 53.8 Å². The number of carbonyl (C=O) groups is 1. The molecule has 1 heterocycles. The number of rotatable bonds is 2. The van der Waals surface area contributed by atoms with E-state index < -0.39 is 0 Å². The van der Waals surface area contributed by atoms with Crippen LogP contribution in [0.5, 0.6) is 0 Å². The van der Waals surface area contributed by atoms with Gasteiger partial charge in [-0.05, 0) is 24.0 Å². The number of amides is 1. The summed E-state index contributed by atoms with van der Waals surface area (Å²) in [6, 6.07) is 9.71. The molecule has 1 saturated heterocycles. The third kappa shape index (κ3) is 3.25. The van der Waals surface area contributed by atoms with Gasteiger partial charge in [-0.25, -0.2) is 4.79 Å². The van der Waals surface area contributed by atoms with Crippen LogP contribution in [0.15, 0.2) is 48.2 Å². The summed E-state index contributed by atoms with van der Waals surface area (Å²) in [7, 11) is 0. The van der Waals surface area contributed by atoms with Crippen molar-refractivity contribution < 1.29 is 9.53 Å². The molecule has 2 rings (SSSR count). The van der Waals surface area contributed by atoms with Crippen molar-refractivity contribution in [2.75, 3.05) is 13.1 Å². The third-order valence-electron chi connectivity index (χ3n) is 3.08. The van der Waals surface area contributed by atoms with Gasteiger partial charge in [0.05, 0.1) is 0 Å². The number of likely N-dealkylation sites (tertiary alicyclic amines) is 1. The first-order chi connectivity index (χ1) is 8.79. The molecule has 0 unspecified atom stereocenters. The third-order valence-corrected chi connectivity index (χ3v) is 3.08. The molecule has 0 N–H and O–H groups in total. The lowest BCUT2D eigenvalue weighted by molar-refractivity contribution is 0.0936. The summed E-state index contributed by atoms with van der Waals surface area (Å²) in [5, 5.41) is 0. The Morgan fingerprint density at radius 3 is 2.56 bits per heavy atom. The predicted octanol–water partition coefficient (Wildman–Crippen LogP) is 3.13. The topological polar surface area (TPSA) is 29.5 Å². The minimum absolute atomic E-state index is 0.234. The first kappa shape index (κ1) is 12.5. The van der Waals surface area contributed by atoms with Gasteiger partial charge in [0.15, 0.2) is 0 Å². The van der Waals surface area contributed by atoms with Crippen LogP contribution in [0, 0.1) is 0 Å². The predicted molar refractivity (Wildman–Crippen MR) is 70.1 cm³/mol. The number of hydrogen-bond donors (Lipinski definition) is 0. The van der Waals surface area contributed by atoms with Gasteiger partial charge in [-0.3, -0.25) is 0 Å². The quantitative estimate of drug-likeness (QED) is 0.747. The lowest BCUT2D eigenvalue weighted by atomic mass is 10.1. The summed E-state index contributed by atoms with van der Waals surface area (Å²) in [4.78, 5) is 13.6. The highest BCUT2D eigenvalue weighted by Gasteiger charge is 2.19. The highest BCUT2D eigenvalue weighted by atomic mass is 16.6. The summed E-state index contributed by atoms with van der Waals surface area (Å²) in [6.07, 6.45) is 1.47. The molecule has 1 aliphatic rings. The first-order valence-corrected chi connectivity index (χ1v) is 6.13. The number of hydrogen-bond acceptors (Lipinski definition) is 2. The zero-order chi connectivity index (χ0) is 12.8. The number of nitrogens with zero attached hydrogens (tertiary/aromatic N) is 1. The molecule has 1 aliphatic heterocycles. The Balaban J connectivity index is 1.81. The molecule has 3 heteroatoms. The van der Waals surface area contributed by atoms with E-state index in [9.17, 15) is 4.79 Å². The van der Waals surface area contributed by atoms with Crippen molar-refractivity contribution in [1.82, 2.24) is 4.90 Å². The molecule has 1 aromatic rings. The zero-order valence-corrected chi connectivity index (χ0v) is 10.4. The van der Waals surface area contributed by atoms with Crippen LogP contribution in [0.2, 0.25) is 0 Å².